The Hall–Kier alpha value is -0.0800. The molecule has 2 nitrogen and oxygen atoms in total. The van der Waals surface area contributed by atoms with Crippen molar-refractivity contribution in [3.8, 4) is 0 Å². The zero-order valence-electron chi connectivity index (χ0n) is 8.29. The highest BCUT2D eigenvalue weighted by molar-refractivity contribution is 4.56. The van der Waals surface area contributed by atoms with E-state index in [0.717, 1.165) is 38.5 Å². The quantitative estimate of drug-likeness (QED) is 0.580. The van der Waals surface area contributed by atoms with Crippen molar-refractivity contribution in [1.29, 1.82) is 0 Å². The van der Waals surface area contributed by atoms with Crippen molar-refractivity contribution in [2.45, 2.75) is 64.6 Å². The van der Waals surface area contributed by atoms with Gasteiger partial charge in [-0.2, -0.15) is 0 Å². The first-order valence-corrected chi connectivity index (χ1v) is 5.06. The van der Waals surface area contributed by atoms with Crippen LogP contribution in [-0.2, 0) is 0 Å². The Morgan fingerprint density at radius 2 is 1.17 bits per heavy atom. The molecule has 0 fully saturated rings. The van der Waals surface area contributed by atoms with Crippen LogP contribution in [0.25, 0.3) is 0 Å². The topological polar surface area (TPSA) is 40.5 Å². The van der Waals surface area contributed by atoms with Gasteiger partial charge in [-0.1, -0.05) is 26.7 Å². The standard InChI is InChI=1S/C10H22O2/c1-3-9(11)7-5-6-8-10(12)4-2/h9-12H,3-8H2,1-2H3/t9-,10-/m1/s1. The Morgan fingerprint density at radius 3 is 1.42 bits per heavy atom. The molecule has 2 heteroatoms. The Kier molecular flexibility index (Phi) is 7.51. The first-order valence-electron chi connectivity index (χ1n) is 5.06. The largest absolute Gasteiger partial charge is 0.393 e. The predicted molar refractivity (Wildman–Crippen MR) is 51.1 cm³/mol. The van der Waals surface area contributed by atoms with E-state index in [-0.39, 0.29) is 12.2 Å². The third-order valence-corrected chi connectivity index (χ3v) is 2.27. The lowest BCUT2D eigenvalue weighted by Crippen LogP contribution is -2.06. The Labute approximate surface area is 75.6 Å². The minimum absolute atomic E-state index is 0.135. The second-order valence-electron chi connectivity index (χ2n) is 3.41. The number of aliphatic hydroxyl groups is 2. The summed E-state index contributed by atoms with van der Waals surface area (Å²) in [7, 11) is 0. The molecule has 12 heavy (non-hydrogen) atoms. The molecule has 0 amide bonds. The maximum Gasteiger partial charge on any atom is 0.0537 e. The molecule has 0 aliphatic heterocycles. The van der Waals surface area contributed by atoms with E-state index in [1.165, 1.54) is 0 Å². The van der Waals surface area contributed by atoms with Crippen LogP contribution in [0.1, 0.15) is 52.4 Å². The lowest BCUT2D eigenvalue weighted by atomic mass is 10.1. The van der Waals surface area contributed by atoms with E-state index in [2.05, 4.69) is 0 Å². The normalized spacial score (nSPS) is 16.0. The van der Waals surface area contributed by atoms with Crippen LogP contribution in [-0.4, -0.2) is 22.4 Å². The number of rotatable bonds is 7. The molecule has 74 valence electrons. The molecule has 0 bridgehead atoms. The summed E-state index contributed by atoms with van der Waals surface area (Å²) in [5.74, 6) is 0. The number of hydrogen-bond donors (Lipinski definition) is 2. The zero-order valence-corrected chi connectivity index (χ0v) is 8.29. The van der Waals surface area contributed by atoms with Gasteiger partial charge in [-0.3, -0.25) is 0 Å². The summed E-state index contributed by atoms with van der Waals surface area (Å²) in [6, 6.07) is 0. The van der Waals surface area contributed by atoms with E-state index in [1.807, 2.05) is 13.8 Å². The van der Waals surface area contributed by atoms with Gasteiger partial charge in [-0.05, 0) is 25.7 Å². The third-order valence-electron chi connectivity index (χ3n) is 2.27. The van der Waals surface area contributed by atoms with Crippen LogP contribution in [0.2, 0.25) is 0 Å². The lowest BCUT2D eigenvalue weighted by molar-refractivity contribution is 0.140. The summed E-state index contributed by atoms with van der Waals surface area (Å²) < 4.78 is 0. The van der Waals surface area contributed by atoms with Gasteiger partial charge in [0.25, 0.3) is 0 Å². The van der Waals surface area contributed by atoms with E-state index in [0.29, 0.717) is 0 Å². The first-order chi connectivity index (χ1) is 5.70. The van der Waals surface area contributed by atoms with Crippen molar-refractivity contribution in [2.75, 3.05) is 0 Å². The van der Waals surface area contributed by atoms with Gasteiger partial charge in [0.2, 0.25) is 0 Å². The van der Waals surface area contributed by atoms with Crippen molar-refractivity contribution in [1.82, 2.24) is 0 Å². The fraction of sp³-hybridized carbons (Fsp3) is 1.00. The molecular formula is C10H22O2. The smallest absolute Gasteiger partial charge is 0.0537 e. The van der Waals surface area contributed by atoms with Crippen molar-refractivity contribution < 1.29 is 10.2 Å². The molecule has 2 atom stereocenters. The molecule has 0 saturated heterocycles. The molecule has 0 aromatic rings. The van der Waals surface area contributed by atoms with E-state index >= 15 is 0 Å². The molecule has 0 aromatic carbocycles. The molecule has 0 aliphatic rings. The van der Waals surface area contributed by atoms with Crippen LogP contribution in [0, 0.1) is 0 Å². The minimum Gasteiger partial charge on any atom is -0.393 e. The zero-order chi connectivity index (χ0) is 9.40. The van der Waals surface area contributed by atoms with Crippen LogP contribution in [0.4, 0.5) is 0 Å². The van der Waals surface area contributed by atoms with Gasteiger partial charge in [-0.15, -0.1) is 0 Å². The number of unbranched alkanes of at least 4 members (excludes halogenated alkanes) is 1. The van der Waals surface area contributed by atoms with Gasteiger partial charge in [0, 0.05) is 0 Å². The van der Waals surface area contributed by atoms with Crippen molar-refractivity contribution in [3.05, 3.63) is 0 Å². The van der Waals surface area contributed by atoms with E-state index < -0.39 is 0 Å². The maximum absolute atomic E-state index is 9.22. The number of aliphatic hydroxyl groups excluding tert-OH is 2. The average molecular weight is 174 g/mol. The van der Waals surface area contributed by atoms with E-state index in [9.17, 15) is 10.2 Å². The van der Waals surface area contributed by atoms with E-state index in [4.69, 9.17) is 0 Å². The Morgan fingerprint density at radius 1 is 0.833 bits per heavy atom. The summed E-state index contributed by atoms with van der Waals surface area (Å²) in [4.78, 5) is 0. The molecule has 0 aliphatic carbocycles. The van der Waals surface area contributed by atoms with Crippen LogP contribution in [0.5, 0.6) is 0 Å². The van der Waals surface area contributed by atoms with Crippen molar-refractivity contribution >= 4 is 0 Å². The van der Waals surface area contributed by atoms with Gasteiger partial charge in [-0.25, -0.2) is 0 Å². The predicted octanol–water partition coefficient (Wildman–Crippen LogP) is 2.09. The lowest BCUT2D eigenvalue weighted by Gasteiger charge is -2.09. The summed E-state index contributed by atoms with van der Waals surface area (Å²) in [6.45, 7) is 3.98. The minimum atomic E-state index is -0.135. The van der Waals surface area contributed by atoms with Crippen LogP contribution >= 0.6 is 0 Å². The van der Waals surface area contributed by atoms with Gasteiger partial charge < -0.3 is 10.2 Å². The molecule has 0 saturated carbocycles. The highest BCUT2D eigenvalue weighted by Gasteiger charge is 2.02. The molecule has 2 N–H and O–H groups in total. The molecular weight excluding hydrogens is 152 g/mol. The Bertz CT molecular complexity index is 81.8. The molecule has 0 aromatic heterocycles. The van der Waals surface area contributed by atoms with Gasteiger partial charge >= 0.3 is 0 Å². The summed E-state index contributed by atoms with van der Waals surface area (Å²) in [5, 5.41) is 18.4. The highest BCUT2D eigenvalue weighted by Crippen LogP contribution is 2.09. The van der Waals surface area contributed by atoms with E-state index in [1.54, 1.807) is 0 Å². The molecule has 0 spiro atoms. The second-order valence-corrected chi connectivity index (χ2v) is 3.41. The Balaban J connectivity index is 3.10. The fourth-order valence-electron chi connectivity index (χ4n) is 1.17. The van der Waals surface area contributed by atoms with Gasteiger partial charge in [0.05, 0.1) is 12.2 Å². The molecule has 0 heterocycles. The van der Waals surface area contributed by atoms with Gasteiger partial charge in [0.1, 0.15) is 0 Å². The monoisotopic (exact) mass is 174 g/mol. The second kappa shape index (κ2) is 7.56. The highest BCUT2D eigenvalue weighted by atomic mass is 16.3. The third kappa shape index (κ3) is 6.62. The molecule has 0 rings (SSSR count). The first kappa shape index (κ1) is 11.9. The van der Waals surface area contributed by atoms with Crippen molar-refractivity contribution in [2.24, 2.45) is 0 Å². The molecule has 0 radical (unpaired) electrons. The summed E-state index contributed by atoms with van der Waals surface area (Å²) in [5.41, 5.74) is 0. The molecule has 0 unspecified atom stereocenters. The van der Waals surface area contributed by atoms with Gasteiger partial charge in [0.15, 0.2) is 0 Å². The van der Waals surface area contributed by atoms with Crippen LogP contribution < -0.4 is 0 Å². The average Bonchev–Trinajstić information content (AvgIpc) is 2.11. The van der Waals surface area contributed by atoms with Crippen molar-refractivity contribution in [3.63, 3.8) is 0 Å². The maximum atomic E-state index is 9.22. The fourth-order valence-corrected chi connectivity index (χ4v) is 1.17. The summed E-state index contributed by atoms with van der Waals surface area (Å²) in [6.07, 6.45) is 5.25. The summed E-state index contributed by atoms with van der Waals surface area (Å²) >= 11 is 0. The van der Waals surface area contributed by atoms with Crippen LogP contribution in [0.3, 0.4) is 0 Å². The SMILES string of the molecule is CC[C@@H](O)CCCC[C@H](O)CC. The van der Waals surface area contributed by atoms with Crippen LogP contribution in [0.15, 0.2) is 0 Å². The number of hydrogen-bond acceptors (Lipinski definition) is 2.